The number of amides is 2. The van der Waals surface area contributed by atoms with Crippen molar-refractivity contribution in [2.75, 3.05) is 19.7 Å². The number of rotatable bonds is 4. The molecule has 2 aromatic rings. The number of morpholine rings is 1. The van der Waals surface area contributed by atoms with E-state index in [2.05, 4.69) is 15.3 Å². The van der Waals surface area contributed by atoms with E-state index in [4.69, 9.17) is 4.74 Å². The summed E-state index contributed by atoms with van der Waals surface area (Å²) in [6, 6.07) is 5.43. The average molecular weight is 346 g/mol. The summed E-state index contributed by atoms with van der Waals surface area (Å²) in [5.41, 5.74) is 0.709. The van der Waals surface area contributed by atoms with Crippen molar-refractivity contribution in [2.45, 2.75) is 19.6 Å². The van der Waals surface area contributed by atoms with Crippen LogP contribution in [0, 0.1) is 0 Å². The number of hydrogen-bond acceptors (Lipinski definition) is 6. The maximum Gasteiger partial charge on any atom is 0.264 e. The van der Waals surface area contributed by atoms with Crippen LogP contribution in [0.3, 0.4) is 0 Å². The van der Waals surface area contributed by atoms with Crippen LogP contribution in [-0.4, -0.2) is 46.4 Å². The van der Waals surface area contributed by atoms with Crippen molar-refractivity contribution in [1.82, 2.24) is 20.2 Å². The Morgan fingerprint density at radius 2 is 2.33 bits per heavy atom. The molecule has 1 atom stereocenters. The zero-order chi connectivity index (χ0) is 16.9. The number of thiophene rings is 1. The summed E-state index contributed by atoms with van der Waals surface area (Å²) in [5.74, 6) is 0.422. The standard InChI is InChI=1S/C16H18N4O3S/c1-11(21)18-9-12-4-5-17-15(19-12)13-10-20(6-7-23-13)16(22)14-3-2-8-24-14/h2-5,8,13H,6-7,9-10H2,1H3,(H,18,21)/t13-/m0/s1. The minimum absolute atomic E-state index is 0.00713. The van der Waals surface area contributed by atoms with Gasteiger partial charge in [-0.25, -0.2) is 9.97 Å². The van der Waals surface area contributed by atoms with Crippen LogP contribution in [0.1, 0.15) is 34.2 Å². The minimum Gasteiger partial charge on any atom is -0.367 e. The largest absolute Gasteiger partial charge is 0.367 e. The molecule has 2 aromatic heterocycles. The second-order valence-electron chi connectivity index (χ2n) is 5.40. The predicted molar refractivity (Wildman–Crippen MR) is 88.5 cm³/mol. The zero-order valence-corrected chi connectivity index (χ0v) is 14.1. The van der Waals surface area contributed by atoms with Gasteiger partial charge in [0.05, 0.1) is 30.3 Å². The Morgan fingerprint density at radius 3 is 3.08 bits per heavy atom. The lowest BCUT2D eigenvalue weighted by Crippen LogP contribution is -2.42. The minimum atomic E-state index is -0.361. The van der Waals surface area contributed by atoms with Crippen LogP contribution < -0.4 is 5.32 Å². The van der Waals surface area contributed by atoms with Crippen LogP contribution >= 0.6 is 11.3 Å². The molecule has 1 fully saturated rings. The lowest BCUT2D eigenvalue weighted by atomic mass is 10.2. The number of aromatic nitrogens is 2. The van der Waals surface area contributed by atoms with E-state index in [1.807, 2.05) is 17.5 Å². The highest BCUT2D eigenvalue weighted by Crippen LogP contribution is 2.22. The molecule has 8 heteroatoms. The molecule has 1 saturated heterocycles. The molecule has 0 aromatic carbocycles. The molecule has 126 valence electrons. The molecule has 0 unspecified atom stereocenters. The highest BCUT2D eigenvalue weighted by molar-refractivity contribution is 7.12. The summed E-state index contributed by atoms with van der Waals surface area (Å²) in [4.78, 5) is 34.7. The Morgan fingerprint density at radius 1 is 1.46 bits per heavy atom. The fourth-order valence-electron chi connectivity index (χ4n) is 2.43. The van der Waals surface area contributed by atoms with Gasteiger partial charge in [-0.15, -0.1) is 11.3 Å². The monoisotopic (exact) mass is 346 g/mol. The lowest BCUT2D eigenvalue weighted by Gasteiger charge is -2.32. The number of hydrogen-bond donors (Lipinski definition) is 1. The Bertz CT molecular complexity index is 720. The van der Waals surface area contributed by atoms with E-state index >= 15 is 0 Å². The topological polar surface area (TPSA) is 84.4 Å². The lowest BCUT2D eigenvalue weighted by molar-refractivity contribution is -0.119. The van der Waals surface area contributed by atoms with Gasteiger partial charge in [0, 0.05) is 19.7 Å². The zero-order valence-electron chi connectivity index (χ0n) is 13.3. The molecule has 7 nitrogen and oxygen atoms in total. The van der Waals surface area contributed by atoms with Gasteiger partial charge in [0.1, 0.15) is 6.10 Å². The van der Waals surface area contributed by atoms with Gasteiger partial charge in [0.2, 0.25) is 5.91 Å². The van der Waals surface area contributed by atoms with Crippen LogP contribution in [0.25, 0.3) is 0 Å². The van der Waals surface area contributed by atoms with Gasteiger partial charge in [-0.05, 0) is 17.5 Å². The maximum atomic E-state index is 12.5. The van der Waals surface area contributed by atoms with E-state index < -0.39 is 0 Å². The van der Waals surface area contributed by atoms with Gasteiger partial charge in [0.25, 0.3) is 5.91 Å². The number of nitrogens with zero attached hydrogens (tertiary/aromatic N) is 3. The summed E-state index contributed by atoms with van der Waals surface area (Å²) in [6.07, 6.45) is 1.28. The number of carbonyl (C=O) groups excluding carboxylic acids is 2. The molecule has 0 radical (unpaired) electrons. The van der Waals surface area contributed by atoms with Crippen LogP contribution in [0.5, 0.6) is 0 Å². The van der Waals surface area contributed by atoms with Crippen molar-refractivity contribution in [3.63, 3.8) is 0 Å². The highest BCUT2D eigenvalue weighted by atomic mass is 32.1. The Kier molecular flexibility index (Phi) is 5.17. The van der Waals surface area contributed by atoms with Crippen molar-refractivity contribution < 1.29 is 14.3 Å². The molecular weight excluding hydrogens is 328 g/mol. The second-order valence-corrected chi connectivity index (χ2v) is 6.35. The molecule has 1 aliphatic rings. The first-order chi connectivity index (χ1) is 11.6. The van der Waals surface area contributed by atoms with Gasteiger partial charge in [0.15, 0.2) is 5.82 Å². The normalized spacial score (nSPS) is 17.5. The molecule has 0 spiro atoms. The summed E-state index contributed by atoms with van der Waals surface area (Å²) in [6.45, 7) is 3.22. The first kappa shape index (κ1) is 16.5. The fraction of sp³-hybridized carbons (Fsp3) is 0.375. The predicted octanol–water partition coefficient (Wildman–Crippen LogP) is 1.39. The van der Waals surface area contributed by atoms with Gasteiger partial charge < -0.3 is 15.0 Å². The molecule has 1 aliphatic heterocycles. The smallest absolute Gasteiger partial charge is 0.264 e. The summed E-state index contributed by atoms with van der Waals surface area (Å²) < 4.78 is 5.74. The third-order valence-electron chi connectivity index (χ3n) is 3.62. The molecule has 0 saturated carbocycles. The third-order valence-corrected chi connectivity index (χ3v) is 4.48. The van der Waals surface area contributed by atoms with Crippen LogP contribution in [0.4, 0.5) is 0 Å². The first-order valence-electron chi connectivity index (χ1n) is 7.64. The van der Waals surface area contributed by atoms with Crippen molar-refractivity contribution >= 4 is 23.2 Å². The Hall–Kier alpha value is -2.32. The molecule has 24 heavy (non-hydrogen) atoms. The van der Waals surface area contributed by atoms with Crippen molar-refractivity contribution in [3.8, 4) is 0 Å². The van der Waals surface area contributed by atoms with Crippen molar-refractivity contribution in [2.24, 2.45) is 0 Å². The van der Waals surface area contributed by atoms with E-state index in [1.165, 1.54) is 18.3 Å². The number of ether oxygens (including phenoxy) is 1. The quantitative estimate of drug-likeness (QED) is 0.904. The molecule has 3 rings (SSSR count). The molecule has 0 aliphatic carbocycles. The fourth-order valence-corrected chi connectivity index (χ4v) is 3.12. The summed E-state index contributed by atoms with van der Waals surface area (Å²) in [5, 5.41) is 4.59. The summed E-state index contributed by atoms with van der Waals surface area (Å²) in [7, 11) is 0. The van der Waals surface area contributed by atoms with E-state index in [1.54, 1.807) is 17.2 Å². The maximum absolute atomic E-state index is 12.5. The van der Waals surface area contributed by atoms with Crippen LogP contribution in [-0.2, 0) is 16.1 Å². The van der Waals surface area contributed by atoms with Crippen molar-refractivity contribution in [1.29, 1.82) is 0 Å². The van der Waals surface area contributed by atoms with Gasteiger partial charge >= 0.3 is 0 Å². The van der Waals surface area contributed by atoms with E-state index in [0.717, 1.165) is 4.88 Å². The van der Waals surface area contributed by atoms with E-state index in [9.17, 15) is 9.59 Å². The third kappa shape index (κ3) is 3.95. The van der Waals surface area contributed by atoms with Gasteiger partial charge in [-0.2, -0.15) is 0 Å². The molecular formula is C16H18N4O3S. The van der Waals surface area contributed by atoms with Crippen molar-refractivity contribution in [3.05, 3.63) is 46.2 Å². The first-order valence-corrected chi connectivity index (χ1v) is 8.52. The average Bonchev–Trinajstić information content (AvgIpc) is 3.14. The molecule has 3 heterocycles. The molecule has 2 amide bonds. The molecule has 1 N–H and O–H groups in total. The van der Waals surface area contributed by atoms with Gasteiger partial charge in [-0.3, -0.25) is 9.59 Å². The SMILES string of the molecule is CC(=O)NCc1ccnc([C@@H]2CN(C(=O)c3cccs3)CCO2)n1. The Balaban J connectivity index is 1.69. The summed E-state index contributed by atoms with van der Waals surface area (Å²) >= 11 is 1.43. The highest BCUT2D eigenvalue weighted by Gasteiger charge is 2.28. The van der Waals surface area contributed by atoms with E-state index in [-0.39, 0.29) is 17.9 Å². The van der Waals surface area contributed by atoms with E-state index in [0.29, 0.717) is 37.8 Å². The second kappa shape index (κ2) is 7.50. The Labute approximate surface area is 143 Å². The van der Waals surface area contributed by atoms with Crippen LogP contribution in [0.2, 0.25) is 0 Å². The van der Waals surface area contributed by atoms with Crippen LogP contribution in [0.15, 0.2) is 29.8 Å². The number of nitrogens with one attached hydrogen (secondary N) is 1. The molecule has 0 bridgehead atoms. The number of carbonyl (C=O) groups is 2. The van der Waals surface area contributed by atoms with Gasteiger partial charge in [-0.1, -0.05) is 6.07 Å².